The van der Waals surface area contributed by atoms with E-state index in [1.807, 2.05) is 42.5 Å². The van der Waals surface area contributed by atoms with Crippen LogP contribution in [0, 0.1) is 0 Å². The highest BCUT2D eigenvalue weighted by atomic mass is 32.2. The molecule has 0 spiro atoms. The van der Waals surface area contributed by atoms with Crippen LogP contribution in [0.1, 0.15) is 5.56 Å². The standard InChI is InChI=1S/C13H12O2S/c1-2-5-12-11-7-4-3-6-10(11)8-9-13(12)15-16-14/h2-4,6-9,16H,1,5H2. The summed E-state index contributed by atoms with van der Waals surface area (Å²) in [5, 5.41) is 2.26. The molecule has 0 atom stereocenters. The maximum Gasteiger partial charge on any atom is 0.193 e. The molecular formula is C13H12O2S. The Balaban J connectivity index is 2.67. The van der Waals surface area contributed by atoms with Crippen LogP contribution in [0.5, 0.6) is 5.75 Å². The first-order chi connectivity index (χ1) is 7.86. The monoisotopic (exact) mass is 232 g/mol. The fourth-order valence-electron chi connectivity index (χ4n) is 1.80. The Morgan fingerprint density at radius 1 is 1.25 bits per heavy atom. The van der Waals surface area contributed by atoms with Crippen LogP contribution in [0.2, 0.25) is 0 Å². The molecule has 0 fully saturated rings. The summed E-state index contributed by atoms with van der Waals surface area (Å²) >= 11 is -0.329. The molecule has 0 aliphatic rings. The molecule has 0 heterocycles. The molecule has 2 rings (SSSR count). The van der Waals surface area contributed by atoms with Crippen molar-refractivity contribution in [1.29, 1.82) is 0 Å². The van der Waals surface area contributed by atoms with Gasteiger partial charge < -0.3 is 4.18 Å². The van der Waals surface area contributed by atoms with Crippen molar-refractivity contribution in [3.05, 3.63) is 54.6 Å². The smallest absolute Gasteiger partial charge is 0.193 e. The Bertz CT molecular complexity index is 534. The summed E-state index contributed by atoms with van der Waals surface area (Å²) < 4.78 is 15.6. The van der Waals surface area contributed by atoms with Crippen LogP contribution in [0.25, 0.3) is 10.8 Å². The number of thiol groups is 1. The van der Waals surface area contributed by atoms with Crippen molar-refractivity contribution in [3.63, 3.8) is 0 Å². The van der Waals surface area contributed by atoms with Gasteiger partial charge in [0.2, 0.25) is 0 Å². The summed E-state index contributed by atoms with van der Waals surface area (Å²) in [5.74, 6) is 0.648. The number of benzene rings is 2. The van der Waals surface area contributed by atoms with E-state index in [0.29, 0.717) is 12.2 Å². The first-order valence-electron chi connectivity index (χ1n) is 4.98. The second-order valence-corrected chi connectivity index (χ2v) is 3.75. The van der Waals surface area contributed by atoms with Crippen molar-refractivity contribution in [2.75, 3.05) is 0 Å². The molecule has 2 aromatic rings. The van der Waals surface area contributed by atoms with E-state index in [1.54, 1.807) is 0 Å². The number of allylic oxidation sites excluding steroid dienone is 1. The Morgan fingerprint density at radius 3 is 2.81 bits per heavy atom. The Kier molecular flexibility index (Phi) is 3.37. The van der Waals surface area contributed by atoms with E-state index in [1.165, 1.54) is 0 Å². The van der Waals surface area contributed by atoms with Gasteiger partial charge in [-0.1, -0.05) is 36.4 Å². The lowest BCUT2D eigenvalue weighted by atomic mass is 10.0. The molecule has 2 nitrogen and oxygen atoms in total. The van der Waals surface area contributed by atoms with Crippen LogP contribution in [-0.2, 0) is 18.4 Å². The molecule has 0 aromatic heterocycles. The third-order valence-corrected chi connectivity index (χ3v) is 2.75. The van der Waals surface area contributed by atoms with Crippen molar-refractivity contribution in [1.82, 2.24) is 0 Å². The molecule has 0 saturated heterocycles. The minimum atomic E-state index is -0.329. The summed E-state index contributed by atoms with van der Waals surface area (Å²) in [6.07, 6.45) is 2.52. The lowest BCUT2D eigenvalue weighted by molar-refractivity contribution is 0.578. The van der Waals surface area contributed by atoms with Crippen LogP contribution in [0.3, 0.4) is 0 Å². The molecule has 0 aliphatic carbocycles. The van der Waals surface area contributed by atoms with Gasteiger partial charge >= 0.3 is 0 Å². The van der Waals surface area contributed by atoms with E-state index >= 15 is 0 Å². The van der Waals surface area contributed by atoms with Gasteiger partial charge in [0.1, 0.15) is 5.75 Å². The first kappa shape index (κ1) is 10.9. The molecule has 0 radical (unpaired) electrons. The zero-order valence-corrected chi connectivity index (χ0v) is 9.61. The van der Waals surface area contributed by atoms with Gasteiger partial charge in [0.15, 0.2) is 11.9 Å². The molecule has 82 valence electrons. The van der Waals surface area contributed by atoms with E-state index < -0.39 is 0 Å². The van der Waals surface area contributed by atoms with Gasteiger partial charge in [-0.25, -0.2) is 4.21 Å². The minimum Gasteiger partial charge on any atom is -0.402 e. The fraction of sp³-hybridized carbons (Fsp3) is 0.0769. The largest absolute Gasteiger partial charge is 0.402 e. The van der Waals surface area contributed by atoms with Crippen molar-refractivity contribution in [2.45, 2.75) is 6.42 Å². The van der Waals surface area contributed by atoms with Crippen LogP contribution in [0.15, 0.2) is 49.1 Å². The number of rotatable bonds is 4. The molecule has 0 saturated carbocycles. The van der Waals surface area contributed by atoms with Gasteiger partial charge in [-0.05, 0) is 23.3 Å². The van der Waals surface area contributed by atoms with Crippen molar-refractivity contribution >= 4 is 22.7 Å². The van der Waals surface area contributed by atoms with E-state index in [0.717, 1.165) is 16.3 Å². The molecule has 2 aromatic carbocycles. The summed E-state index contributed by atoms with van der Waals surface area (Å²) in [4.78, 5) is 0. The first-order valence-corrected chi connectivity index (χ1v) is 5.71. The van der Waals surface area contributed by atoms with E-state index in [-0.39, 0.29) is 11.9 Å². The summed E-state index contributed by atoms with van der Waals surface area (Å²) in [6.45, 7) is 3.73. The molecule has 0 unspecified atom stereocenters. The van der Waals surface area contributed by atoms with Gasteiger partial charge in [-0.3, -0.25) is 0 Å². The van der Waals surface area contributed by atoms with Crippen LogP contribution in [0.4, 0.5) is 0 Å². The quantitative estimate of drug-likeness (QED) is 0.648. The lowest BCUT2D eigenvalue weighted by Gasteiger charge is -2.09. The van der Waals surface area contributed by atoms with Crippen LogP contribution >= 0.6 is 0 Å². The molecule has 16 heavy (non-hydrogen) atoms. The highest BCUT2D eigenvalue weighted by Gasteiger charge is 2.06. The van der Waals surface area contributed by atoms with Crippen LogP contribution < -0.4 is 4.18 Å². The lowest BCUT2D eigenvalue weighted by Crippen LogP contribution is -1.92. The Morgan fingerprint density at radius 2 is 2.06 bits per heavy atom. The Labute approximate surface area is 98.2 Å². The second-order valence-electron chi connectivity index (χ2n) is 3.42. The number of hydrogen-bond acceptors (Lipinski definition) is 2. The highest BCUT2D eigenvalue weighted by molar-refractivity contribution is 7.60. The average molecular weight is 232 g/mol. The molecule has 3 heteroatoms. The number of hydrogen-bond donors (Lipinski definition) is 1. The zero-order chi connectivity index (χ0) is 11.4. The zero-order valence-electron chi connectivity index (χ0n) is 8.72. The third kappa shape index (κ3) is 1.99. The van der Waals surface area contributed by atoms with Crippen molar-refractivity contribution in [2.24, 2.45) is 0 Å². The van der Waals surface area contributed by atoms with E-state index in [9.17, 15) is 4.21 Å². The maximum absolute atomic E-state index is 10.5. The predicted octanol–water partition coefficient (Wildman–Crippen LogP) is 2.81. The summed E-state index contributed by atoms with van der Waals surface area (Å²) in [6, 6.07) is 11.8. The third-order valence-electron chi connectivity index (χ3n) is 2.48. The van der Waals surface area contributed by atoms with E-state index in [2.05, 4.69) is 6.58 Å². The number of fused-ring (bicyclic) bond motifs is 1. The van der Waals surface area contributed by atoms with Gasteiger partial charge in [0, 0.05) is 5.56 Å². The molecule has 0 amide bonds. The SMILES string of the molecule is C=CCc1c(O[SH]=O)ccc2ccccc12. The topological polar surface area (TPSA) is 26.3 Å². The van der Waals surface area contributed by atoms with Crippen molar-refractivity contribution < 1.29 is 8.39 Å². The maximum atomic E-state index is 10.5. The van der Waals surface area contributed by atoms with Crippen LogP contribution in [-0.4, -0.2) is 4.21 Å². The molecule has 0 bridgehead atoms. The second kappa shape index (κ2) is 4.94. The molecule has 0 aliphatic heterocycles. The van der Waals surface area contributed by atoms with Gasteiger partial charge in [-0.15, -0.1) is 6.58 Å². The van der Waals surface area contributed by atoms with E-state index in [4.69, 9.17) is 4.18 Å². The van der Waals surface area contributed by atoms with Crippen molar-refractivity contribution in [3.8, 4) is 5.75 Å². The van der Waals surface area contributed by atoms with Gasteiger partial charge in [0.25, 0.3) is 0 Å². The molecule has 0 N–H and O–H groups in total. The average Bonchev–Trinajstić information content (AvgIpc) is 2.32. The van der Waals surface area contributed by atoms with Gasteiger partial charge in [0.05, 0.1) is 0 Å². The normalized spacial score (nSPS) is 10.2. The summed E-state index contributed by atoms with van der Waals surface area (Å²) in [7, 11) is 0. The van der Waals surface area contributed by atoms with Gasteiger partial charge in [-0.2, -0.15) is 0 Å². The Hall–Kier alpha value is -1.61. The highest BCUT2D eigenvalue weighted by Crippen LogP contribution is 2.28. The predicted molar refractivity (Wildman–Crippen MR) is 68.0 cm³/mol. The minimum absolute atomic E-state index is 0.329. The molecular weight excluding hydrogens is 220 g/mol. The fourth-order valence-corrected chi connectivity index (χ4v) is 2.05. The summed E-state index contributed by atoms with van der Waals surface area (Å²) in [5.41, 5.74) is 1.02.